The van der Waals surface area contributed by atoms with Gasteiger partial charge in [0.05, 0.1) is 0 Å². The fraction of sp³-hybridized carbons (Fsp3) is 0.632. The van der Waals surface area contributed by atoms with E-state index in [1.165, 1.54) is 5.56 Å². The molecule has 6 nitrogen and oxygen atoms in total. The maximum atomic E-state index is 5.42. The van der Waals surface area contributed by atoms with Gasteiger partial charge in [-0.05, 0) is 50.6 Å². The van der Waals surface area contributed by atoms with Gasteiger partial charge in [-0.15, -0.1) is 24.0 Å². The van der Waals surface area contributed by atoms with Crippen molar-refractivity contribution in [2.75, 3.05) is 41.0 Å². The maximum absolute atomic E-state index is 5.42. The van der Waals surface area contributed by atoms with Crippen LogP contribution in [0.25, 0.3) is 0 Å². The first-order valence-corrected chi connectivity index (χ1v) is 8.99. The molecule has 1 aromatic carbocycles. The molecule has 0 aromatic heterocycles. The summed E-state index contributed by atoms with van der Waals surface area (Å²) in [4.78, 5) is 6.59. The number of rotatable bonds is 8. The van der Waals surface area contributed by atoms with E-state index < -0.39 is 0 Å². The van der Waals surface area contributed by atoms with Crippen molar-refractivity contribution in [1.29, 1.82) is 0 Å². The highest BCUT2D eigenvalue weighted by atomic mass is 127. The Hall–Kier alpha value is -1.22. The molecule has 2 rings (SSSR count). The van der Waals surface area contributed by atoms with E-state index in [0.29, 0.717) is 18.8 Å². The first-order valence-electron chi connectivity index (χ1n) is 8.99. The molecule has 26 heavy (non-hydrogen) atoms. The number of hydrogen-bond donors (Lipinski definition) is 2. The fourth-order valence-electron chi connectivity index (χ4n) is 2.88. The first kappa shape index (κ1) is 22.8. The average Bonchev–Trinajstić information content (AvgIpc) is 3.03. The van der Waals surface area contributed by atoms with E-state index in [2.05, 4.69) is 54.5 Å². The van der Waals surface area contributed by atoms with Gasteiger partial charge < -0.3 is 25.0 Å². The molecular weight excluding hydrogens is 443 g/mol. The zero-order chi connectivity index (χ0) is 18.2. The van der Waals surface area contributed by atoms with Crippen LogP contribution in [0.4, 0.5) is 0 Å². The van der Waals surface area contributed by atoms with Crippen LogP contribution in [0.3, 0.4) is 0 Å². The lowest BCUT2D eigenvalue weighted by Crippen LogP contribution is -2.45. The molecule has 1 heterocycles. The zero-order valence-corrected chi connectivity index (χ0v) is 18.9. The second kappa shape index (κ2) is 11.5. The number of nitrogens with zero attached hydrogens (tertiary/aromatic N) is 2. The van der Waals surface area contributed by atoms with E-state index >= 15 is 0 Å². The summed E-state index contributed by atoms with van der Waals surface area (Å²) in [6.45, 7) is 6.53. The quantitative estimate of drug-likeness (QED) is 0.344. The topological polar surface area (TPSA) is 58.1 Å². The molecule has 1 atom stereocenters. The number of guanidine groups is 1. The second-order valence-corrected chi connectivity index (χ2v) is 7.06. The minimum Gasteiger partial charge on any atom is -0.454 e. The summed E-state index contributed by atoms with van der Waals surface area (Å²) in [6.07, 6.45) is 2.06. The molecule has 0 radical (unpaired) electrons. The van der Waals surface area contributed by atoms with Gasteiger partial charge in [-0.1, -0.05) is 19.9 Å². The van der Waals surface area contributed by atoms with Gasteiger partial charge in [0, 0.05) is 26.2 Å². The third-order valence-electron chi connectivity index (χ3n) is 4.35. The number of halogens is 1. The predicted octanol–water partition coefficient (Wildman–Crippen LogP) is 2.72. The third-order valence-corrected chi connectivity index (χ3v) is 4.35. The highest BCUT2D eigenvalue weighted by molar-refractivity contribution is 14.0. The molecule has 1 aromatic rings. The van der Waals surface area contributed by atoms with Crippen LogP contribution in [0.15, 0.2) is 23.2 Å². The molecule has 1 aliphatic heterocycles. The predicted molar refractivity (Wildman–Crippen MR) is 118 cm³/mol. The summed E-state index contributed by atoms with van der Waals surface area (Å²) in [5, 5.41) is 6.82. The van der Waals surface area contributed by atoms with Crippen LogP contribution in [-0.2, 0) is 6.42 Å². The van der Waals surface area contributed by atoms with Crippen molar-refractivity contribution in [3.8, 4) is 11.5 Å². The van der Waals surface area contributed by atoms with Crippen molar-refractivity contribution in [3.63, 3.8) is 0 Å². The van der Waals surface area contributed by atoms with E-state index in [9.17, 15) is 0 Å². The lowest BCUT2D eigenvalue weighted by atomic mass is 10.0. The fourth-order valence-corrected chi connectivity index (χ4v) is 2.88. The average molecular weight is 476 g/mol. The number of nitrogens with one attached hydrogen (secondary N) is 2. The Kier molecular flexibility index (Phi) is 10.1. The van der Waals surface area contributed by atoms with E-state index in [0.717, 1.165) is 43.4 Å². The molecule has 0 saturated carbocycles. The Morgan fingerprint density at radius 2 is 1.92 bits per heavy atom. The highest BCUT2D eigenvalue weighted by Gasteiger charge is 2.14. The van der Waals surface area contributed by atoms with Crippen molar-refractivity contribution < 1.29 is 9.47 Å². The monoisotopic (exact) mass is 476 g/mol. The molecule has 0 aliphatic carbocycles. The maximum Gasteiger partial charge on any atom is 0.231 e. The normalized spacial score (nSPS) is 14.3. The zero-order valence-electron chi connectivity index (χ0n) is 16.5. The van der Waals surface area contributed by atoms with E-state index in [1.807, 2.05) is 19.2 Å². The Balaban J connectivity index is 0.00000338. The standard InChI is InChI=1S/C19H32N4O2.HI/c1-14(2)10-16(23(4)5)12-22-19(20-3)21-9-8-15-6-7-17-18(11-15)25-13-24-17;/h6-7,11,14,16H,8-10,12-13H2,1-5H3,(H2,20,21,22);1H. The van der Waals surface area contributed by atoms with Gasteiger partial charge >= 0.3 is 0 Å². The van der Waals surface area contributed by atoms with Gasteiger partial charge in [-0.2, -0.15) is 0 Å². The molecule has 0 bridgehead atoms. The number of ether oxygens (including phenoxy) is 2. The van der Waals surface area contributed by atoms with Crippen molar-refractivity contribution in [2.24, 2.45) is 10.9 Å². The summed E-state index contributed by atoms with van der Waals surface area (Å²) in [7, 11) is 6.07. The van der Waals surface area contributed by atoms with Gasteiger partial charge in [0.15, 0.2) is 17.5 Å². The number of benzene rings is 1. The third kappa shape index (κ3) is 7.19. The van der Waals surface area contributed by atoms with Gasteiger partial charge in [-0.25, -0.2) is 0 Å². The summed E-state index contributed by atoms with van der Waals surface area (Å²) in [6, 6.07) is 6.59. The van der Waals surface area contributed by atoms with Crippen LogP contribution in [0, 0.1) is 5.92 Å². The summed E-state index contributed by atoms with van der Waals surface area (Å²) in [5.41, 5.74) is 1.22. The Bertz CT molecular complexity index is 579. The first-order chi connectivity index (χ1) is 12.0. The van der Waals surface area contributed by atoms with Crippen LogP contribution < -0.4 is 20.1 Å². The molecule has 0 fully saturated rings. The molecule has 1 unspecified atom stereocenters. The van der Waals surface area contributed by atoms with Crippen molar-refractivity contribution >= 4 is 29.9 Å². The SMILES string of the molecule is CN=C(NCCc1ccc2c(c1)OCO2)NCC(CC(C)C)N(C)C.I. The molecule has 1 aliphatic rings. The van der Waals surface area contributed by atoms with Crippen LogP contribution in [0.5, 0.6) is 11.5 Å². The molecule has 2 N–H and O–H groups in total. The van der Waals surface area contributed by atoms with Gasteiger partial charge in [-0.3, -0.25) is 4.99 Å². The van der Waals surface area contributed by atoms with Gasteiger partial charge in [0.25, 0.3) is 0 Å². The van der Waals surface area contributed by atoms with E-state index in [4.69, 9.17) is 9.47 Å². The number of aliphatic imine (C=N–C) groups is 1. The molecular formula is C19H33IN4O2. The Labute approximate surface area is 174 Å². The number of fused-ring (bicyclic) bond motifs is 1. The van der Waals surface area contributed by atoms with Crippen LogP contribution in [0.2, 0.25) is 0 Å². The summed E-state index contributed by atoms with van der Waals surface area (Å²) < 4.78 is 10.8. The van der Waals surface area contributed by atoms with Gasteiger partial charge in [0.2, 0.25) is 6.79 Å². The summed E-state index contributed by atoms with van der Waals surface area (Å²) >= 11 is 0. The molecule has 0 saturated heterocycles. The largest absolute Gasteiger partial charge is 0.454 e. The Morgan fingerprint density at radius 1 is 1.19 bits per heavy atom. The smallest absolute Gasteiger partial charge is 0.231 e. The van der Waals surface area contributed by atoms with Crippen molar-refractivity contribution in [3.05, 3.63) is 23.8 Å². The molecule has 148 valence electrons. The minimum atomic E-state index is 0. The minimum absolute atomic E-state index is 0. The van der Waals surface area contributed by atoms with Crippen LogP contribution in [-0.4, -0.2) is 57.9 Å². The van der Waals surface area contributed by atoms with Crippen LogP contribution >= 0.6 is 24.0 Å². The number of likely N-dealkylation sites (N-methyl/N-ethyl adjacent to an activating group) is 1. The second-order valence-electron chi connectivity index (χ2n) is 7.06. The van der Waals surface area contributed by atoms with Crippen molar-refractivity contribution in [1.82, 2.24) is 15.5 Å². The van der Waals surface area contributed by atoms with Crippen LogP contribution in [0.1, 0.15) is 25.8 Å². The highest BCUT2D eigenvalue weighted by Crippen LogP contribution is 2.32. The lowest BCUT2D eigenvalue weighted by molar-refractivity contribution is 0.174. The number of hydrogen-bond acceptors (Lipinski definition) is 4. The Morgan fingerprint density at radius 3 is 2.58 bits per heavy atom. The molecule has 0 amide bonds. The lowest BCUT2D eigenvalue weighted by Gasteiger charge is -2.27. The van der Waals surface area contributed by atoms with Crippen molar-refractivity contribution in [2.45, 2.75) is 32.7 Å². The van der Waals surface area contributed by atoms with E-state index in [1.54, 1.807) is 0 Å². The summed E-state index contributed by atoms with van der Waals surface area (Å²) in [5.74, 6) is 3.18. The van der Waals surface area contributed by atoms with E-state index in [-0.39, 0.29) is 24.0 Å². The molecule has 0 spiro atoms. The van der Waals surface area contributed by atoms with Gasteiger partial charge in [0.1, 0.15) is 0 Å². The molecule has 7 heteroatoms.